The second kappa shape index (κ2) is 3.17. The van der Waals surface area contributed by atoms with Crippen LogP contribution in [0.3, 0.4) is 0 Å². The highest BCUT2D eigenvalue weighted by Crippen LogP contribution is 2.70. The molecule has 0 aliphatic heterocycles. The van der Waals surface area contributed by atoms with Gasteiger partial charge in [-0.15, -0.1) is 0 Å². The molecule has 1 aromatic carbocycles. The van der Waals surface area contributed by atoms with Crippen LogP contribution in [-0.2, 0) is 10.2 Å². The van der Waals surface area contributed by atoms with E-state index in [-0.39, 0.29) is 22.0 Å². The van der Waals surface area contributed by atoms with Gasteiger partial charge in [-0.3, -0.25) is 4.79 Å². The first kappa shape index (κ1) is 11.8. The number of benzene rings is 1. The van der Waals surface area contributed by atoms with Crippen LogP contribution in [0.25, 0.3) is 0 Å². The molecule has 2 saturated carbocycles. The molecule has 0 saturated heterocycles. The zero-order valence-electron chi connectivity index (χ0n) is 11.3. The average molecular weight is 244 g/mol. The van der Waals surface area contributed by atoms with Crippen LogP contribution >= 0.6 is 0 Å². The quantitative estimate of drug-likeness (QED) is 0.821. The summed E-state index contributed by atoms with van der Waals surface area (Å²) in [6.07, 6.45) is 2.72. The summed E-state index contributed by atoms with van der Waals surface area (Å²) in [6, 6.07) is 7.44. The van der Waals surface area contributed by atoms with Crippen LogP contribution in [0, 0.1) is 10.8 Å². The van der Waals surface area contributed by atoms with Gasteiger partial charge in [0.1, 0.15) is 11.5 Å². The van der Waals surface area contributed by atoms with Crippen molar-refractivity contribution in [2.24, 2.45) is 10.8 Å². The Morgan fingerprint density at radius 2 is 1.67 bits per heavy atom. The highest BCUT2D eigenvalue weighted by Gasteiger charge is 2.69. The standard InChI is InChI=1S/C16H20O2/c1-14(2)15(3)8-9-16(14,10-13(15)18)11-4-6-12(17)7-5-11/h4-7,17H,8-10H2,1-3H3. The van der Waals surface area contributed by atoms with Crippen molar-refractivity contribution in [3.8, 4) is 5.75 Å². The summed E-state index contributed by atoms with van der Waals surface area (Å²) >= 11 is 0. The first-order chi connectivity index (χ1) is 8.33. The van der Waals surface area contributed by atoms with E-state index in [9.17, 15) is 9.90 Å². The van der Waals surface area contributed by atoms with Crippen LogP contribution in [0.1, 0.15) is 45.6 Å². The van der Waals surface area contributed by atoms with Gasteiger partial charge in [0, 0.05) is 17.3 Å². The number of aromatic hydroxyl groups is 1. The Labute approximate surface area is 108 Å². The zero-order chi connectivity index (χ0) is 13.2. The SMILES string of the molecule is CC12CCC(c3ccc(O)cc3)(CC1=O)C2(C)C. The van der Waals surface area contributed by atoms with Crippen molar-refractivity contribution < 1.29 is 9.90 Å². The van der Waals surface area contributed by atoms with E-state index in [1.165, 1.54) is 5.56 Å². The number of hydrogen-bond acceptors (Lipinski definition) is 2. The molecule has 3 rings (SSSR count). The molecule has 0 radical (unpaired) electrons. The number of carbonyl (C=O) groups is 1. The van der Waals surface area contributed by atoms with Gasteiger partial charge in [0.2, 0.25) is 0 Å². The van der Waals surface area contributed by atoms with Gasteiger partial charge in [0.15, 0.2) is 0 Å². The fraction of sp³-hybridized carbons (Fsp3) is 0.562. The molecule has 2 aliphatic rings. The fourth-order valence-corrected chi connectivity index (χ4v) is 4.27. The van der Waals surface area contributed by atoms with E-state index in [0.29, 0.717) is 12.2 Å². The maximum Gasteiger partial charge on any atom is 0.140 e. The maximum absolute atomic E-state index is 12.4. The molecule has 2 bridgehead atoms. The third-order valence-electron chi connectivity index (χ3n) is 6.13. The molecule has 96 valence electrons. The molecule has 2 atom stereocenters. The van der Waals surface area contributed by atoms with Crippen LogP contribution < -0.4 is 0 Å². The van der Waals surface area contributed by atoms with E-state index >= 15 is 0 Å². The molecule has 2 heteroatoms. The third kappa shape index (κ3) is 1.07. The smallest absolute Gasteiger partial charge is 0.140 e. The molecule has 0 amide bonds. The Morgan fingerprint density at radius 1 is 1.06 bits per heavy atom. The molecule has 0 spiro atoms. The molecule has 2 unspecified atom stereocenters. The number of ketones is 1. The Hall–Kier alpha value is -1.31. The molecule has 2 nitrogen and oxygen atoms in total. The second-order valence-corrected chi connectivity index (χ2v) is 6.69. The van der Waals surface area contributed by atoms with Gasteiger partial charge in [-0.25, -0.2) is 0 Å². The van der Waals surface area contributed by atoms with Gasteiger partial charge in [0.25, 0.3) is 0 Å². The monoisotopic (exact) mass is 244 g/mol. The lowest BCUT2D eigenvalue weighted by Gasteiger charge is -2.40. The Balaban J connectivity index is 2.17. The molecule has 1 N–H and O–H groups in total. The first-order valence-electron chi connectivity index (χ1n) is 6.66. The van der Waals surface area contributed by atoms with Crippen LogP contribution in [0.2, 0.25) is 0 Å². The Kier molecular flexibility index (Phi) is 2.07. The van der Waals surface area contributed by atoms with Gasteiger partial charge in [-0.05, 0) is 36.0 Å². The summed E-state index contributed by atoms with van der Waals surface area (Å²) < 4.78 is 0. The van der Waals surface area contributed by atoms with Crippen molar-refractivity contribution in [3.05, 3.63) is 29.8 Å². The fourth-order valence-electron chi connectivity index (χ4n) is 4.27. The number of fused-ring (bicyclic) bond motifs is 2. The zero-order valence-corrected chi connectivity index (χ0v) is 11.3. The molecule has 0 aromatic heterocycles. The Bertz CT molecular complexity index is 514. The van der Waals surface area contributed by atoms with E-state index < -0.39 is 0 Å². The van der Waals surface area contributed by atoms with Crippen LogP contribution in [0.5, 0.6) is 5.75 Å². The van der Waals surface area contributed by atoms with E-state index in [1.54, 1.807) is 12.1 Å². The molecule has 2 fully saturated rings. The molecule has 2 aliphatic carbocycles. The normalized spacial score (nSPS) is 37.2. The van der Waals surface area contributed by atoms with Gasteiger partial charge in [-0.1, -0.05) is 32.9 Å². The lowest BCUT2D eigenvalue weighted by atomic mass is 9.62. The number of Topliss-reactive ketones (excluding diaryl/α,β-unsaturated/α-hetero) is 1. The number of carbonyl (C=O) groups excluding carboxylic acids is 1. The van der Waals surface area contributed by atoms with Crippen molar-refractivity contribution >= 4 is 5.78 Å². The van der Waals surface area contributed by atoms with E-state index in [4.69, 9.17) is 0 Å². The summed E-state index contributed by atoms with van der Waals surface area (Å²) in [5.41, 5.74) is 0.991. The summed E-state index contributed by atoms with van der Waals surface area (Å²) in [5.74, 6) is 0.699. The van der Waals surface area contributed by atoms with Crippen molar-refractivity contribution in [2.75, 3.05) is 0 Å². The lowest BCUT2D eigenvalue weighted by Crippen LogP contribution is -2.38. The van der Waals surface area contributed by atoms with Gasteiger partial charge >= 0.3 is 0 Å². The molecule has 1 aromatic rings. The highest BCUT2D eigenvalue weighted by atomic mass is 16.3. The molecular formula is C16H20O2. The number of phenolic OH excluding ortho intramolecular Hbond substituents is 1. The van der Waals surface area contributed by atoms with Crippen LogP contribution in [-0.4, -0.2) is 10.9 Å². The topological polar surface area (TPSA) is 37.3 Å². The summed E-state index contributed by atoms with van der Waals surface area (Å²) in [6.45, 7) is 6.60. The first-order valence-corrected chi connectivity index (χ1v) is 6.66. The minimum absolute atomic E-state index is 0.00590. The van der Waals surface area contributed by atoms with Crippen LogP contribution in [0.15, 0.2) is 24.3 Å². The van der Waals surface area contributed by atoms with E-state index in [2.05, 4.69) is 20.8 Å². The van der Waals surface area contributed by atoms with Crippen LogP contribution in [0.4, 0.5) is 0 Å². The third-order valence-corrected chi connectivity index (χ3v) is 6.13. The van der Waals surface area contributed by atoms with Crippen molar-refractivity contribution in [3.63, 3.8) is 0 Å². The lowest BCUT2D eigenvalue weighted by molar-refractivity contribution is -0.128. The number of phenols is 1. The predicted molar refractivity (Wildman–Crippen MR) is 70.5 cm³/mol. The minimum atomic E-state index is -0.176. The molecule has 18 heavy (non-hydrogen) atoms. The summed E-state index contributed by atoms with van der Waals surface area (Å²) in [7, 11) is 0. The number of hydrogen-bond donors (Lipinski definition) is 1. The minimum Gasteiger partial charge on any atom is -0.508 e. The maximum atomic E-state index is 12.4. The largest absolute Gasteiger partial charge is 0.508 e. The molecule has 0 heterocycles. The number of rotatable bonds is 1. The van der Waals surface area contributed by atoms with Crippen molar-refractivity contribution in [1.29, 1.82) is 0 Å². The predicted octanol–water partition coefficient (Wildman–Crippen LogP) is 3.43. The van der Waals surface area contributed by atoms with Gasteiger partial charge < -0.3 is 5.11 Å². The average Bonchev–Trinajstić information content (AvgIpc) is 2.60. The Morgan fingerprint density at radius 3 is 2.11 bits per heavy atom. The van der Waals surface area contributed by atoms with Crippen molar-refractivity contribution in [1.82, 2.24) is 0 Å². The van der Waals surface area contributed by atoms with E-state index in [0.717, 1.165) is 12.8 Å². The van der Waals surface area contributed by atoms with Crippen molar-refractivity contribution in [2.45, 2.75) is 45.4 Å². The molecular weight excluding hydrogens is 224 g/mol. The van der Waals surface area contributed by atoms with Gasteiger partial charge in [-0.2, -0.15) is 0 Å². The summed E-state index contributed by atoms with van der Waals surface area (Å²) in [5, 5.41) is 9.43. The highest BCUT2D eigenvalue weighted by molar-refractivity contribution is 5.91. The van der Waals surface area contributed by atoms with E-state index in [1.807, 2.05) is 12.1 Å². The van der Waals surface area contributed by atoms with Gasteiger partial charge in [0.05, 0.1) is 0 Å². The second-order valence-electron chi connectivity index (χ2n) is 6.69. The summed E-state index contributed by atoms with van der Waals surface area (Å²) in [4.78, 5) is 12.4.